The smallest absolute Gasteiger partial charge is 0.253 e. The summed E-state index contributed by atoms with van der Waals surface area (Å²) in [6, 6.07) is 17.1. The quantitative estimate of drug-likeness (QED) is 0.411. The fourth-order valence-corrected chi connectivity index (χ4v) is 4.43. The van der Waals surface area contributed by atoms with Crippen molar-refractivity contribution in [3.63, 3.8) is 0 Å². The third-order valence-corrected chi connectivity index (χ3v) is 6.21. The molecule has 0 saturated heterocycles. The molecule has 0 fully saturated rings. The van der Waals surface area contributed by atoms with E-state index in [0.29, 0.717) is 17.9 Å². The molecule has 1 aliphatic heterocycles. The van der Waals surface area contributed by atoms with Gasteiger partial charge in [0.15, 0.2) is 5.16 Å². The van der Waals surface area contributed by atoms with E-state index in [1.165, 1.54) is 16.8 Å². The summed E-state index contributed by atoms with van der Waals surface area (Å²) in [6.45, 7) is 0. The van der Waals surface area contributed by atoms with Crippen molar-refractivity contribution in [3.05, 3.63) is 84.8 Å². The average Bonchev–Trinajstić information content (AvgIpc) is 3.59. The molecule has 0 N–H and O–H groups in total. The van der Waals surface area contributed by atoms with Gasteiger partial charge in [0.05, 0.1) is 30.2 Å². The minimum Gasteiger partial charge on any atom is -0.467 e. The number of hydrogen-bond acceptors (Lipinski definition) is 6. The molecule has 4 aromatic rings. The zero-order valence-electron chi connectivity index (χ0n) is 16.8. The van der Waals surface area contributed by atoms with E-state index in [4.69, 9.17) is 8.83 Å². The fraction of sp³-hybridized carbons (Fsp3) is 0.174. The second-order valence-corrected chi connectivity index (χ2v) is 8.08. The second kappa shape index (κ2) is 8.31. The number of hydrazone groups is 1. The van der Waals surface area contributed by atoms with E-state index >= 15 is 0 Å². The van der Waals surface area contributed by atoms with Crippen LogP contribution in [0.5, 0.6) is 0 Å². The number of aromatic nitrogens is 2. The topological polar surface area (TPSA) is 76.8 Å². The summed E-state index contributed by atoms with van der Waals surface area (Å²) >= 11 is 1.39. The highest BCUT2D eigenvalue weighted by atomic mass is 32.2. The molecule has 1 amide bonds. The van der Waals surface area contributed by atoms with Crippen LogP contribution in [-0.4, -0.2) is 31.9 Å². The molecule has 1 aliphatic rings. The van der Waals surface area contributed by atoms with Crippen molar-refractivity contribution in [2.45, 2.75) is 17.6 Å². The maximum atomic E-state index is 13.1. The molecule has 31 heavy (non-hydrogen) atoms. The van der Waals surface area contributed by atoms with Gasteiger partial charge in [0, 0.05) is 13.5 Å². The van der Waals surface area contributed by atoms with E-state index in [0.717, 1.165) is 22.1 Å². The first-order valence-corrected chi connectivity index (χ1v) is 10.9. The molecule has 0 radical (unpaired) electrons. The third kappa shape index (κ3) is 3.82. The Morgan fingerprint density at radius 1 is 1.10 bits per heavy atom. The van der Waals surface area contributed by atoms with Crippen LogP contribution in [0.25, 0.3) is 11.3 Å². The van der Waals surface area contributed by atoms with Gasteiger partial charge in [0.2, 0.25) is 0 Å². The number of furan rings is 2. The van der Waals surface area contributed by atoms with Gasteiger partial charge in [-0.25, -0.2) is 9.99 Å². The van der Waals surface area contributed by atoms with Gasteiger partial charge in [-0.05, 0) is 29.8 Å². The molecule has 5 rings (SSSR count). The van der Waals surface area contributed by atoms with E-state index in [-0.39, 0.29) is 17.7 Å². The van der Waals surface area contributed by atoms with E-state index in [1.54, 1.807) is 12.5 Å². The molecule has 156 valence electrons. The van der Waals surface area contributed by atoms with Crippen LogP contribution in [0, 0.1) is 0 Å². The first kappa shape index (κ1) is 19.4. The zero-order chi connectivity index (χ0) is 21.2. The minimum atomic E-state index is -0.288. The molecule has 0 saturated carbocycles. The molecular formula is C23H20N4O3S. The van der Waals surface area contributed by atoms with E-state index in [1.807, 2.05) is 72.4 Å². The molecular weight excluding hydrogens is 412 g/mol. The predicted molar refractivity (Wildman–Crippen MR) is 118 cm³/mol. The number of carbonyl (C=O) groups is 1. The SMILES string of the molecule is Cn1c(-c2ccccc2)cnc1SCC(=O)N1N=C(c2ccco2)C[C@H]1c1ccco1. The van der Waals surface area contributed by atoms with Gasteiger partial charge >= 0.3 is 0 Å². The number of nitrogens with zero attached hydrogens (tertiary/aromatic N) is 4. The van der Waals surface area contributed by atoms with E-state index in [2.05, 4.69) is 10.1 Å². The largest absolute Gasteiger partial charge is 0.467 e. The summed E-state index contributed by atoms with van der Waals surface area (Å²) in [5.41, 5.74) is 2.82. The Morgan fingerprint density at radius 3 is 2.65 bits per heavy atom. The second-order valence-electron chi connectivity index (χ2n) is 7.14. The maximum Gasteiger partial charge on any atom is 0.253 e. The van der Waals surface area contributed by atoms with Crippen LogP contribution in [0.3, 0.4) is 0 Å². The predicted octanol–water partition coefficient (Wildman–Crippen LogP) is 4.74. The van der Waals surface area contributed by atoms with Crippen LogP contribution in [0.2, 0.25) is 0 Å². The minimum absolute atomic E-state index is 0.114. The van der Waals surface area contributed by atoms with Gasteiger partial charge < -0.3 is 13.4 Å². The van der Waals surface area contributed by atoms with Crippen LogP contribution in [0.4, 0.5) is 0 Å². The molecule has 0 aliphatic carbocycles. The molecule has 0 spiro atoms. The van der Waals surface area contributed by atoms with Crippen LogP contribution >= 0.6 is 11.8 Å². The standard InChI is InChI=1S/C23H20N4O3S/c1-26-19(16-7-3-2-4-8-16)14-24-23(26)31-15-22(28)27-18(21-10-6-12-30-21)13-17(25-27)20-9-5-11-29-20/h2-12,14,18H,13,15H2,1H3/t18-/m0/s1. The summed E-state index contributed by atoms with van der Waals surface area (Å²) < 4.78 is 13.1. The van der Waals surface area contributed by atoms with E-state index < -0.39 is 0 Å². The Hall–Kier alpha value is -3.52. The zero-order valence-corrected chi connectivity index (χ0v) is 17.7. The lowest BCUT2D eigenvalue weighted by molar-refractivity contribution is -0.130. The van der Waals surface area contributed by atoms with Crippen molar-refractivity contribution in [2.24, 2.45) is 12.1 Å². The Kier molecular flexibility index (Phi) is 5.21. The van der Waals surface area contributed by atoms with E-state index in [9.17, 15) is 4.79 Å². The molecule has 0 bridgehead atoms. The highest BCUT2D eigenvalue weighted by Gasteiger charge is 2.35. The monoisotopic (exact) mass is 432 g/mol. The van der Waals surface area contributed by atoms with Crippen molar-refractivity contribution in [1.29, 1.82) is 0 Å². The van der Waals surface area contributed by atoms with Gasteiger partial charge in [-0.3, -0.25) is 4.79 Å². The number of benzene rings is 1. The first-order valence-electron chi connectivity index (χ1n) is 9.87. The molecule has 8 heteroatoms. The van der Waals surface area contributed by atoms with Crippen molar-refractivity contribution in [2.75, 3.05) is 5.75 Å². The lowest BCUT2D eigenvalue weighted by atomic mass is 10.1. The Morgan fingerprint density at radius 2 is 1.90 bits per heavy atom. The van der Waals surface area contributed by atoms with Gasteiger partial charge in [-0.2, -0.15) is 5.10 Å². The van der Waals surface area contributed by atoms with Gasteiger partial charge in [-0.15, -0.1) is 0 Å². The van der Waals surface area contributed by atoms with Crippen LogP contribution in [0.15, 0.2) is 92.4 Å². The van der Waals surface area contributed by atoms with Crippen molar-refractivity contribution in [1.82, 2.24) is 14.6 Å². The molecule has 1 atom stereocenters. The average molecular weight is 433 g/mol. The van der Waals surface area contributed by atoms with Crippen LogP contribution in [0.1, 0.15) is 24.0 Å². The molecule has 1 aromatic carbocycles. The first-order chi connectivity index (χ1) is 15.2. The van der Waals surface area contributed by atoms with Crippen molar-refractivity contribution in [3.8, 4) is 11.3 Å². The highest BCUT2D eigenvalue weighted by Crippen LogP contribution is 2.34. The fourth-order valence-electron chi connectivity index (χ4n) is 3.63. The summed E-state index contributed by atoms with van der Waals surface area (Å²) in [6.07, 6.45) is 5.58. The number of imidazole rings is 1. The Labute approximate surface area is 183 Å². The van der Waals surface area contributed by atoms with Crippen LogP contribution in [-0.2, 0) is 11.8 Å². The summed E-state index contributed by atoms with van der Waals surface area (Å²) in [5, 5.41) is 6.84. The molecule has 7 nitrogen and oxygen atoms in total. The lowest BCUT2D eigenvalue weighted by Crippen LogP contribution is -2.28. The van der Waals surface area contributed by atoms with Crippen LogP contribution < -0.4 is 0 Å². The summed E-state index contributed by atoms with van der Waals surface area (Å²) in [4.78, 5) is 17.6. The number of rotatable bonds is 6. The van der Waals surface area contributed by atoms with Gasteiger partial charge in [-0.1, -0.05) is 42.1 Å². The number of carbonyl (C=O) groups excluding carboxylic acids is 1. The lowest BCUT2D eigenvalue weighted by Gasteiger charge is -2.19. The normalized spacial score (nSPS) is 16.0. The maximum absolute atomic E-state index is 13.1. The summed E-state index contributed by atoms with van der Waals surface area (Å²) in [7, 11) is 1.96. The third-order valence-electron chi connectivity index (χ3n) is 5.18. The molecule has 4 heterocycles. The summed E-state index contributed by atoms with van der Waals surface area (Å²) in [5.74, 6) is 1.46. The number of amides is 1. The highest BCUT2D eigenvalue weighted by molar-refractivity contribution is 7.99. The Balaban J connectivity index is 1.34. The number of hydrogen-bond donors (Lipinski definition) is 0. The molecule has 3 aromatic heterocycles. The number of thioether (sulfide) groups is 1. The molecule has 0 unspecified atom stereocenters. The van der Waals surface area contributed by atoms with Gasteiger partial charge in [0.1, 0.15) is 23.3 Å². The Bertz CT molecular complexity index is 1200. The van der Waals surface area contributed by atoms with Crippen molar-refractivity contribution >= 4 is 23.4 Å². The van der Waals surface area contributed by atoms with Crippen molar-refractivity contribution < 1.29 is 13.6 Å². The van der Waals surface area contributed by atoms with Gasteiger partial charge in [0.25, 0.3) is 5.91 Å².